The SMILES string of the molecule is CCC1(CC)CC(C(=O)O)(c2cccc(C)c2)C1. The molecule has 1 fully saturated rings. The number of rotatable bonds is 4. The highest BCUT2D eigenvalue weighted by molar-refractivity contribution is 5.83. The van der Waals surface area contributed by atoms with E-state index in [1.165, 1.54) is 0 Å². The van der Waals surface area contributed by atoms with E-state index in [0.717, 1.165) is 36.8 Å². The lowest BCUT2D eigenvalue weighted by Crippen LogP contribution is -2.54. The van der Waals surface area contributed by atoms with E-state index < -0.39 is 11.4 Å². The van der Waals surface area contributed by atoms with E-state index in [1.807, 2.05) is 31.2 Å². The molecule has 2 nitrogen and oxygen atoms in total. The Balaban J connectivity index is 2.35. The fraction of sp³-hybridized carbons (Fsp3) is 0.562. The molecular formula is C16H22O2. The molecule has 1 aromatic carbocycles. The Hall–Kier alpha value is -1.31. The molecule has 0 heterocycles. The topological polar surface area (TPSA) is 37.3 Å². The maximum absolute atomic E-state index is 11.7. The number of aliphatic carboxylic acids is 1. The number of benzene rings is 1. The third kappa shape index (κ3) is 1.84. The summed E-state index contributed by atoms with van der Waals surface area (Å²) < 4.78 is 0. The summed E-state index contributed by atoms with van der Waals surface area (Å²) in [5.74, 6) is -0.661. The van der Waals surface area contributed by atoms with Crippen LogP contribution in [-0.4, -0.2) is 11.1 Å². The molecule has 1 saturated carbocycles. The third-order valence-electron chi connectivity index (χ3n) is 4.83. The fourth-order valence-electron chi connectivity index (χ4n) is 3.40. The van der Waals surface area contributed by atoms with Crippen LogP contribution in [0.5, 0.6) is 0 Å². The maximum atomic E-state index is 11.7. The van der Waals surface area contributed by atoms with Crippen LogP contribution in [0.3, 0.4) is 0 Å². The van der Waals surface area contributed by atoms with Gasteiger partial charge in [0.25, 0.3) is 0 Å². The predicted octanol–water partition coefficient (Wildman–Crippen LogP) is 3.92. The van der Waals surface area contributed by atoms with Gasteiger partial charge >= 0.3 is 5.97 Å². The lowest BCUT2D eigenvalue weighted by molar-refractivity contribution is -0.155. The molecule has 0 saturated heterocycles. The summed E-state index contributed by atoms with van der Waals surface area (Å²) in [4.78, 5) is 11.7. The molecule has 1 N–H and O–H groups in total. The van der Waals surface area contributed by atoms with Gasteiger partial charge in [0.05, 0.1) is 5.41 Å². The van der Waals surface area contributed by atoms with Crippen molar-refractivity contribution in [2.75, 3.05) is 0 Å². The summed E-state index contributed by atoms with van der Waals surface area (Å²) >= 11 is 0. The average molecular weight is 246 g/mol. The molecule has 1 aliphatic carbocycles. The van der Waals surface area contributed by atoms with Crippen LogP contribution in [0.1, 0.15) is 50.7 Å². The smallest absolute Gasteiger partial charge is 0.314 e. The highest BCUT2D eigenvalue weighted by atomic mass is 16.4. The molecule has 0 bridgehead atoms. The minimum atomic E-state index is -0.661. The number of carbonyl (C=O) groups is 1. The van der Waals surface area contributed by atoms with Crippen molar-refractivity contribution in [2.24, 2.45) is 5.41 Å². The first kappa shape index (κ1) is 13.1. The van der Waals surface area contributed by atoms with Crippen molar-refractivity contribution in [1.29, 1.82) is 0 Å². The first-order valence-electron chi connectivity index (χ1n) is 6.78. The molecule has 0 amide bonds. The summed E-state index contributed by atoms with van der Waals surface area (Å²) in [5, 5.41) is 9.65. The summed E-state index contributed by atoms with van der Waals surface area (Å²) in [6, 6.07) is 7.98. The second kappa shape index (κ2) is 4.42. The van der Waals surface area contributed by atoms with E-state index >= 15 is 0 Å². The van der Waals surface area contributed by atoms with Gasteiger partial charge in [-0.25, -0.2) is 0 Å². The molecule has 0 spiro atoms. The Morgan fingerprint density at radius 2 is 1.89 bits per heavy atom. The van der Waals surface area contributed by atoms with Crippen molar-refractivity contribution in [3.8, 4) is 0 Å². The van der Waals surface area contributed by atoms with Crippen molar-refractivity contribution >= 4 is 5.97 Å². The summed E-state index contributed by atoms with van der Waals surface area (Å²) in [6.07, 6.45) is 3.71. The first-order valence-corrected chi connectivity index (χ1v) is 6.78. The standard InChI is InChI=1S/C16H22O2/c1-4-15(5-2)10-16(11-15,14(17)18)13-8-6-7-12(3)9-13/h6-9H,4-5,10-11H2,1-3H3,(H,17,18). The monoisotopic (exact) mass is 246 g/mol. The average Bonchev–Trinajstić information content (AvgIpc) is 2.29. The van der Waals surface area contributed by atoms with E-state index in [-0.39, 0.29) is 5.41 Å². The zero-order chi connectivity index (χ0) is 13.4. The van der Waals surface area contributed by atoms with Gasteiger partial charge in [-0.05, 0) is 30.7 Å². The minimum Gasteiger partial charge on any atom is -0.481 e. The minimum absolute atomic E-state index is 0.238. The van der Waals surface area contributed by atoms with Gasteiger partial charge in [0.1, 0.15) is 0 Å². The lowest BCUT2D eigenvalue weighted by atomic mass is 9.48. The van der Waals surface area contributed by atoms with Gasteiger partial charge in [0.15, 0.2) is 0 Å². The molecule has 98 valence electrons. The number of carboxylic acids is 1. The Bertz CT molecular complexity index is 450. The van der Waals surface area contributed by atoms with Gasteiger partial charge in [-0.1, -0.05) is 56.5 Å². The Labute approximate surface area is 109 Å². The van der Waals surface area contributed by atoms with E-state index in [2.05, 4.69) is 13.8 Å². The van der Waals surface area contributed by atoms with Crippen LogP contribution < -0.4 is 0 Å². The first-order chi connectivity index (χ1) is 8.48. The number of hydrogen-bond donors (Lipinski definition) is 1. The van der Waals surface area contributed by atoms with Gasteiger partial charge in [-0.3, -0.25) is 4.79 Å². The van der Waals surface area contributed by atoms with E-state index in [1.54, 1.807) is 0 Å². The zero-order valence-corrected chi connectivity index (χ0v) is 11.5. The van der Waals surface area contributed by atoms with Gasteiger partial charge in [0.2, 0.25) is 0 Å². The van der Waals surface area contributed by atoms with Crippen LogP contribution in [0.2, 0.25) is 0 Å². The van der Waals surface area contributed by atoms with E-state index in [4.69, 9.17) is 0 Å². The second-order valence-corrected chi connectivity index (χ2v) is 5.82. The van der Waals surface area contributed by atoms with Gasteiger partial charge < -0.3 is 5.11 Å². The molecule has 1 aromatic rings. The van der Waals surface area contributed by atoms with Crippen LogP contribution >= 0.6 is 0 Å². The largest absolute Gasteiger partial charge is 0.481 e. The summed E-state index contributed by atoms with van der Waals surface area (Å²) in [7, 11) is 0. The quantitative estimate of drug-likeness (QED) is 0.874. The van der Waals surface area contributed by atoms with E-state index in [9.17, 15) is 9.90 Å². The van der Waals surface area contributed by atoms with Gasteiger partial charge in [-0.15, -0.1) is 0 Å². The highest BCUT2D eigenvalue weighted by Gasteiger charge is 2.58. The molecule has 0 radical (unpaired) electrons. The normalized spacial score (nSPS) is 20.2. The molecule has 0 atom stereocenters. The Morgan fingerprint density at radius 3 is 2.33 bits per heavy atom. The number of carboxylic acid groups (broad SMARTS) is 1. The van der Waals surface area contributed by atoms with Gasteiger partial charge in [-0.2, -0.15) is 0 Å². The second-order valence-electron chi connectivity index (χ2n) is 5.82. The molecule has 0 aromatic heterocycles. The van der Waals surface area contributed by atoms with Crippen LogP contribution in [0, 0.1) is 12.3 Å². The molecule has 0 unspecified atom stereocenters. The van der Waals surface area contributed by atoms with Crippen molar-refractivity contribution in [2.45, 2.75) is 51.9 Å². The van der Waals surface area contributed by atoms with Crippen molar-refractivity contribution in [3.05, 3.63) is 35.4 Å². The van der Waals surface area contributed by atoms with Crippen LogP contribution in [-0.2, 0) is 10.2 Å². The number of aryl methyl sites for hydroxylation is 1. The third-order valence-corrected chi connectivity index (χ3v) is 4.83. The van der Waals surface area contributed by atoms with E-state index in [0.29, 0.717) is 0 Å². The van der Waals surface area contributed by atoms with Crippen LogP contribution in [0.25, 0.3) is 0 Å². The molecule has 2 heteroatoms. The van der Waals surface area contributed by atoms with Crippen molar-refractivity contribution in [1.82, 2.24) is 0 Å². The fourth-order valence-corrected chi connectivity index (χ4v) is 3.40. The van der Waals surface area contributed by atoms with Gasteiger partial charge in [0, 0.05) is 0 Å². The summed E-state index contributed by atoms with van der Waals surface area (Å²) in [6.45, 7) is 6.36. The lowest BCUT2D eigenvalue weighted by Gasteiger charge is -2.54. The molecule has 2 rings (SSSR count). The molecule has 1 aliphatic rings. The molecule has 18 heavy (non-hydrogen) atoms. The maximum Gasteiger partial charge on any atom is 0.314 e. The van der Waals surface area contributed by atoms with Crippen LogP contribution in [0.15, 0.2) is 24.3 Å². The molecule has 0 aliphatic heterocycles. The predicted molar refractivity (Wildman–Crippen MR) is 72.7 cm³/mol. The Kier molecular flexibility index (Phi) is 3.22. The van der Waals surface area contributed by atoms with Crippen molar-refractivity contribution in [3.63, 3.8) is 0 Å². The number of hydrogen-bond acceptors (Lipinski definition) is 1. The zero-order valence-electron chi connectivity index (χ0n) is 11.5. The molecular weight excluding hydrogens is 224 g/mol. The van der Waals surface area contributed by atoms with Crippen molar-refractivity contribution < 1.29 is 9.90 Å². The van der Waals surface area contributed by atoms with Crippen LogP contribution in [0.4, 0.5) is 0 Å². The highest BCUT2D eigenvalue weighted by Crippen LogP contribution is 2.59. The summed E-state index contributed by atoms with van der Waals surface area (Å²) in [5.41, 5.74) is 1.71. The Morgan fingerprint density at radius 1 is 1.28 bits per heavy atom.